The van der Waals surface area contributed by atoms with E-state index in [2.05, 4.69) is 20.6 Å². The maximum Gasteiger partial charge on any atom is 0.277 e. The van der Waals surface area contributed by atoms with Crippen molar-refractivity contribution >= 4 is 29.2 Å². The predicted octanol–water partition coefficient (Wildman–Crippen LogP) is 1.90. The molecule has 1 unspecified atom stereocenters. The molecule has 0 saturated carbocycles. The zero-order valence-electron chi connectivity index (χ0n) is 12.9. The molecule has 3 rings (SSSR count). The van der Waals surface area contributed by atoms with E-state index in [0.29, 0.717) is 23.6 Å². The Bertz CT molecular complexity index is 792. The standard InChI is InChI=1S/C15H17N5O2S/c1-3-15(23-4-2)19-13(21)11-6-5-10(14(22)20(11)15)18-12-7-8-16-9-17-12/h5-9H,3-4H2,1-2H3,(H,19,21)(H,16,17,18). The molecule has 1 aliphatic heterocycles. The van der Waals surface area contributed by atoms with Gasteiger partial charge in [-0.3, -0.25) is 14.2 Å². The minimum absolute atomic E-state index is 0.224. The number of fused-ring (bicyclic) bond motifs is 1. The number of carbonyl (C=O) groups excluding carboxylic acids is 1. The van der Waals surface area contributed by atoms with Crippen molar-refractivity contribution in [2.24, 2.45) is 0 Å². The Labute approximate surface area is 137 Å². The fourth-order valence-electron chi connectivity index (χ4n) is 2.66. The lowest BCUT2D eigenvalue weighted by molar-refractivity contribution is 0.0948. The summed E-state index contributed by atoms with van der Waals surface area (Å²) in [5.74, 6) is 1.09. The van der Waals surface area contributed by atoms with Gasteiger partial charge in [-0.05, 0) is 30.4 Å². The highest BCUT2D eigenvalue weighted by atomic mass is 32.2. The number of thioether (sulfide) groups is 1. The molecule has 0 bridgehead atoms. The average molecular weight is 331 g/mol. The summed E-state index contributed by atoms with van der Waals surface area (Å²) in [7, 11) is 0. The lowest BCUT2D eigenvalue weighted by atomic mass is 10.3. The Morgan fingerprint density at radius 3 is 2.78 bits per heavy atom. The van der Waals surface area contributed by atoms with E-state index in [1.54, 1.807) is 29.0 Å². The van der Waals surface area contributed by atoms with Crippen molar-refractivity contribution in [2.45, 2.75) is 25.3 Å². The van der Waals surface area contributed by atoms with Gasteiger partial charge < -0.3 is 10.6 Å². The number of rotatable bonds is 5. The normalized spacial score (nSPS) is 19.3. The molecule has 0 aromatic carbocycles. The van der Waals surface area contributed by atoms with Crippen LogP contribution in [-0.2, 0) is 4.99 Å². The van der Waals surface area contributed by atoms with Crippen LogP contribution in [0.2, 0.25) is 0 Å². The van der Waals surface area contributed by atoms with Gasteiger partial charge in [0.25, 0.3) is 11.5 Å². The summed E-state index contributed by atoms with van der Waals surface area (Å²) in [6.45, 7) is 3.95. The zero-order valence-corrected chi connectivity index (χ0v) is 13.7. The molecule has 23 heavy (non-hydrogen) atoms. The third-order valence-electron chi connectivity index (χ3n) is 3.69. The van der Waals surface area contributed by atoms with E-state index < -0.39 is 4.99 Å². The van der Waals surface area contributed by atoms with Crippen LogP contribution in [0.15, 0.2) is 35.5 Å². The van der Waals surface area contributed by atoms with Gasteiger partial charge in [0.2, 0.25) is 0 Å². The minimum Gasteiger partial charge on any atom is -0.336 e. The Balaban J connectivity index is 2.09. The molecule has 2 aromatic rings. The second-order valence-corrected chi connectivity index (χ2v) is 6.56. The van der Waals surface area contributed by atoms with Gasteiger partial charge in [0.05, 0.1) is 0 Å². The number of aromatic nitrogens is 3. The minimum atomic E-state index is -0.735. The molecule has 2 N–H and O–H groups in total. The number of hydrogen-bond acceptors (Lipinski definition) is 6. The second-order valence-electron chi connectivity index (χ2n) is 5.02. The molecule has 0 radical (unpaired) electrons. The van der Waals surface area contributed by atoms with Crippen LogP contribution in [0, 0.1) is 0 Å². The van der Waals surface area contributed by atoms with E-state index in [1.807, 2.05) is 13.8 Å². The second kappa shape index (κ2) is 6.04. The van der Waals surface area contributed by atoms with E-state index in [1.165, 1.54) is 18.1 Å². The highest BCUT2D eigenvalue weighted by Gasteiger charge is 2.42. The smallest absolute Gasteiger partial charge is 0.277 e. The maximum atomic E-state index is 12.9. The van der Waals surface area contributed by atoms with Crippen LogP contribution in [-0.4, -0.2) is 26.2 Å². The van der Waals surface area contributed by atoms with Crippen molar-refractivity contribution in [3.05, 3.63) is 46.8 Å². The van der Waals surface area contributed by atoms with Crippen LogP contribution in [0.1, 0.15) is 30.8 Å². The van der Waals surface area contributed by atoms with Crippen LogP contribution in [0.25, 0.3) is 0 Å². The number of amides is 1. The summed E-state index contributed by atoms with van der Waals surface area (Å²) in [6.07, 6.45) is 3.61. The molecule has 1 aliphatic rings. The van der Waals surface area contributed by atoms with Crippen molar-refractivity contribution in [1.82, 2.24) is 19.9 Å². The first-order valence-electron chi connectivity index (χ1n) is 7.37. The maximum absolute atomic E-state index is 12.9. The summed E-state index contributed by atoms with van der Waals surface area (Å²) in [6, 6.07) is 4.95. The lowest BCUT2D eigenvalue weighted by Gasteiger charge is -2.29. The lowest BCUT2D eigenvalue weighted by Crippen LogP contribution is -2.44. The largest absolute Gasteiger partial charge is 0.336 e. The Morgan fingerprint density at radius 2 is 2.13 bits per heavy atom. The fraction of sp³-hybridized carbons (Fsp3) is 0.333. The summed E-state index contributed by atoms with van der Waals surface area (Å²) in [4.78, 5) is 32.3. The molecule has 0 spiro atoms. The molecule has 0 saturated heterocycles. The first-order valence-corrected chi connectivity index (χ1v) is 8.36. The van der Waals surface area contributed by atoms with Crippen molar-refractivity contribution in [1.29, 1.82) is 0 Å². The Morgan fingerprint density at radius 1 is 1.30 bits per heavy atom. The van der Waals surface area contributed by atoms with E-state index in [-0.39, 0.29) is 11.5 Å². The van der Waals surface area contributed by atoms with Gasteiger partial charge in [-0.1, -0.05) is 13.8 Å². The third kappa shape index (κ3) is 2.59. The molecule has 0 aliphatic carbocycles. The number of hydrogen-bond donors (Lipinski definition) is 2. The number of carbonyl (C=O) groups is 1. The first-order chi connectivity index (χ1) is 11.1. The number of pyridine rings is 1. The molecular formula is C15H17N5O2S. The number of nitrogens with one attached hydrogen (secondary N) is 2. The molecule has 1 amide bonds. The summed E-state index contributed by atoms with van der Waals surface area (Å²) < 4.78 is 1.55. The topological polar surface area (TPSA) is 88.9 Å². The molecule has 1 atom stereocenters. The first kappa shape index (κ1) is 15.5. The van der Waals surface area contributed by atoms with Crippen LogP contribution in [0.4, 0.5) is 11.5 Å². The number of nitrogens with zero attached hydrogens (tertiary/aromatic N) is 3. The molecule has 8 heteroatoms. The van der Waals surface area contributed by atoms with Gasteiger partial charge in [0, 0.05) is 6.20 Å². The van der Waals surface area contributed by atoms with Crippen LogP contribution in [0.3, 0.4) is 0 Å². The van der Waals surface area contributed by atoms with E-state index in [4.69, 9.17) is 0 Å². The van der Waals surface area contributed by atoms with E-state index in [0.717, 1.165) is 5.75 Å². The van der Waals surface area contributed by atoms with Crippen molar-refractivity contribution in [3.63, 3.8) is 0 Å². The monoisotopic (exact) mass is 331 g/mol. The highest BCUT2D eigenvalue weighted by molar-refractivity contribution is 8.00. The van der Waals surface area contributed by atoms with Gasteiger partial charge >= 0.3 is 0 Å². The fourth-order valence-corrected chi connectivity index (χ4v) is 3.81. The SMILES string of the molecule is CCSC1(CC)NC(=O)c2ccc(Nc3ccncn3)c(=O)n21. The van der Waals surface area contributed by atoms with Gasteiger partial charge in [-0.2, -0.15) is 0 Å². The van der Waals surface area contributed by atoms with Gasteiger partial charge in [-0.15, -0.1) is 11.8 Å². The van der Waals surface area contributed by atoms with Crippen LogP contribution in [0.5, 0.6) is 0 Å². The van der Waals surface area contributed by atoms with Crippen molar-refractivity contribution < 1.29 is 4.79 Å². The summed E-state index contributed by atoms with van der Waals surface area (Å²) in [5, 5.41) is 5.94. The quantitative estimate of drug-likeness (QED) is 0.870. The highest BCUT2D eigenvalue weighted by Crippen LogP contribution is 2.36. The van der Waals surface area contributed by atoms with Crippen molar-refractivity contribution in [2.75, 3.05) is 11.1 Å². The summed E-state index contributed by atoms with van der Waals surface area (Å²) in [5.41, 5.74) is 0.506. The Hall–Kier alpha value is -2.35. The summed E-state index contributed by atoms with van der Waals surface area (Å²) >= 11 is 1.54. The van der Waals surface area contributed by atoms with Gasteiger partial charge in [-0.25, -0.2) is 9.97 Å². The van der Waals surface area contributed by atoms with Crippen molar-refractivity contribution in [3.8, 4) is 0 Å². The average Bonchev–Trinajstić information content (AvgIpc) is 2.85. The number of anilines is 2. The van der Waals surface area contributed by atoms with E-state index >= 15 is 0 Å². The Kier molecular flexibility index (Phi) is 4.08. The third-order valence-corrected chi connectivity index (χ3v) is 5.03. The van der Waals surface area contributed by atoms with E-state index in [9.17, 15) is 9.59 Å². The molecule has 3 heterocycles. The molecular weight excluding hydrogens is 314 g/mol. The van der Waals surface area contributed by atoms with Crippen LogP contribution < -0.4 is 16.2 Å². The van der Waals surface area contributed by atoms with Gasteiger partial charge in [0.15, 0.2) is 4.99 Å². The predicted molar refractivity (Wildman–Crippen MR) is 89.9 cm³/mol. The molecule has 7 nitrogen and oxygen atoms in total. The molecule has 120 valence electrons. The zero-order chi connectivity index (χ0) is 16.4. The molecule has 0 fully saturated rings. The van der Waals surface area contributed by atoms with Crippen LogP contribution >= 0.6 is 11.8 Å². The molecule has 2 aromatic heterocycles. The van der Waals surface area contributed by atoms with Gasteiger partial charge in [0.1, 0.15) is 23.5 Å².